The molecule has 2 nitrogen and oxygen atoms in total. The van der Waals surface area contributed by atoms with Crippen molar-refractivity contribution in [3.8, 4) is 0 Å². The second kappa shape index (κ2) is 9.70. The summed E-state index contributed by atoms with van der Waals surface area (Å²) in [5.74, 6) is 0. The number of aliphatic hydroxyl groups excluding tert-OH is 1. The Labute approximate surface area is 159 Å². The van der Waals surface area contributed by atoms with Crippen LogP contribution in [0.2, 0.25) is 5.04 Å². The van der Waals surface area contributed by atoms with Crippen LogP contribution >= 0.6 is 0 Å². The molecule has 0 aliphatic carbocycles. The van der Waals surface area contributed by atoms with Crippen molar-refractivity contribution in [1.82, 2.24) is 0 Å². The van der Waals surface area contributed by atoms with E-state index in [-0.39, 0.29) is 11.6 Å². The number of hydrogen-bond donors (Lipinski definition) is 1. The van der Waals surface area contributed by atoms with Crippen LogP contribution in [-0.2, 0) is 4.43 Å². The summed E-state index contributed by atoms with van der Waals surface area (Å²) in [5, 5.41) is 11.4. The Morgan fingerprint density at radius 2 is 1.46 bits per heavy atom. The van der Waals surface area contributed by atoms with E-state index in [2.05, 4.69) is 87.2 Å². The van der Waals surface area contributed by atoms with E-state index in [9.17, 15) is 0 Å². The van der Waals surface area contributed by atoms with Gasteiger partial charge in [0.15, 0.2) is 0 Å². The fourth-order valence-corrected chi connectivity index (χ4v) is 8.00. The van der Waals surface area contributed by atoms with Crippen molar-refractivity contribution in [2.75, 3.05) is 13.2 Å². The molecular formula is C23H30O2Si. The Kier molecular flexibility index (Phi) is 7.61. The summed E-state index contributed by atoms with van der Waals surface area (Å²) in [4.78, 5) is 0. The summed E-state index contributed by atoms with van der Waals surface area (Å²) in [7, 11) is -2.41. The predicted molar refractivity (Wildman–Crippen MR) is 113 cm³/mol. The maximum Gasteiger partial charge on any atom is 0.261 e. The van der Waals surface area contributed by atoms with E-state index >= 15 is 0 Å². The normalized spacial score (nSPS) is 11.7. The van der Waals surface area contributed by atoms with Crippen LogP contribution in [0.5, 0.6) is 0 Å². The smallest absolute Gasteiger partial charge is 0.261 e. The first-order chi connectivity index (χ1) is 12.5. The Morgan fingerprint density at radius 3 is 1.92 bits per heavy atom. The molecule has 26 heavy (non-hydrogen) atoms. The van der Waals surface area contributed by atoms with Crippen molar-refractivity contribution >= 4 is 18.7 Å². The van der Waals surface area contributed by atoms with Crippen LogP contribution < -0.4 is 10.4 Å². The summed E-state index contributed by atoms with van der Waals surface area (Å²) >= 11 is 0. The van der Waals surface area contributed by atoms with E-state index < -0.39 is 8.32 Å². The van der Waals surface area contributed by atoms with E-state index in [1.54, 1.807) is 6.08 Å². The van der Waals surface area contributed by atoms with Gasteiger partial charge in [-0.1, -0.05) is 81.4 Å². The van der Waals surface area contributed by atoms with E-state index in [0.717, 1.165) is 12.8 Å². The molecule has 138 valence electrons. The Balaban J connectivity index is 2.33. The molecule has 1 N–H and O–H groups in total. The molecular weight excluding hydrogens is 336 g/mol. The fourth-order valence-electron chi connectivity index (χ4n) is 3.39. The van der Waals surface area contributed by atoms with Crippen LogP contribution in [0.1, 0.15) is 33.6 Å². The lowest BCUT2D eigenvalue weighted by Gasteiger charge is -2.43. The van der Waals surface area contributed by atoms with Crippen molar-refractivity contribution in [3.63, 3.8) is 0 Å². The number of rotatable bonds is 8. The first kappa shape index (κ1) is 20.4. The Bertz CT molecular complexity index is 671. The molecule has 3 heteroatoms. The standard InChI is InChI=1S/C23H30O2Si/c1-23(2,3)26(21-15-9-7-10-16-21,22-17-11-8-12-18-22)25-20-14-6-4-5-13-19-24/h4,7-13,15-18,24H,6,14,19-20H2,1-3H3. The third-order valence-corrected chi connectivity index (χ3v) is 9.60. The van der Waals surface area contributed by atoms with Crippen molar-refractivity contribution in [1.29, 1.82) is 0 Å². The molecule has 0 aliphatic heterocycles. The Morgan fingerprint density at radius 1 is 0.923 bits per heavy atom. The molecule has 0 radical (unpaired) electrons. The van der Waals surface area contributed by atoms with Crippen LogP contribution in [-0.4, -0.2) is 26.6 Å². The van der Waals surface area contributed by atoms with Crippen LogP contribution in [0.25, 0.3) is 0 Å². The largest absolute Gasteiger partial charge is 0.407 e. The number of aliphatic hydroxyl groups is 1. The van der Waals surface area contributed by atoms with Gasteiger partial charge in [-0.2, -0.15) is 0 Å². The molecule has 2 rings (SSSR count). The van der Waals surface area contributed by atoms with Crippen LogP contribution in [0.15, 0.2) is 78.5 Å². The molecule has 0 bridgehead atoms. The summed E-state index contributed by atoms with van der Waals surface area (Å²) in [6, 6.07) is 21.4. The predicted octanol–water partition coefficient (Wildman–Crippen LogP) is 4.05. The summed E-state index contributed by atoms with van der Waals surface area (Å²) in [6.45, 7) is 7.63. The van der Waals surface area contributed by atoms with Gasteiger partial charge in [-0.05, 0) is 40.4 Å². The lowest BCUT2D eigenvalue weighted by Crippen LogP contribution is -2.66. The van der Waals surface area contributed by atoms with Crippen LogP contribution in [0.3, 0.4) is 0 Å². The molecule has 0 saturated heterocycles. The van der Waals surface area contributed by atoms with Gasteiger partial charge in [0.25, 0.3) is 8.32 Å². The van der Waals surface area contributed by atoms with Gasteiger partial charge in [-0.25, -0.2) is 0 Å². The van der Waals surface area contributed by atoms with E-state index in [0.29, 0.717) is 6.61 Å². The van der Waals surface area contributed by atoms with Gasteiger partial charge in [0.2, 0.25) is 0 Å². The van der Waals surface area contributed by atoms with Gasteiger partial charge in [0.1, 0.15) is 0 Å². The van der Waals surface area contributed by atoms with Crippen molar-refractivity contribution in [2.24, 2.45) is 0 Å². The molecule has 0 aromatic heterocycles. The van der Waals surface area contributed by atoms with Gasteiger partial charge >= 0.3 is 0 Å². The Hall–Kier alpha value is -1.90. The number of unbranched alkanes of at least 4 members (excludes halogenated alkanes) is 1. The fraction of sp³-hybridized carbons (Fsp3) is 0.348. The highest BCUT2D eigenvalue weighted by Gasteiger charge is 2.49. The molecule has 0 atom stereocenters. The topological polar surface area (TPSA) is 29.5 Å². The molecule has 0 amide bonds. The summed E-state index contributed by atoms with van der Waals surface area (Å²) in [6.07, 6.45) is 5.43. The van der Waals surface area contributed by atoms with E-state index in [1.165, 1.54) is 10.4 Å². The third kappa shape index (κ3) is 4.84. The average molecular weight is 367 g/mol. The molecule has 0 unspecified atom stereocenters. The van der Waals surface area contributed by atoms with E-state index in [1.807, 2.05) is 6.08 Å². The zero-order chi connectivity index (χ0) is 18.9. The maximum atomic E-state index is 8.76. The SMILES string of the molecule is CC(C)(C)[Si](OCCCC=C=CCO)(c1ccccc1)c1ccccc1. The molecule has 0 heterocycles. The quantitative estimate of drug-likeness (QED) is 0.434. The monoisotopic (exact) mass is 366 g/mol. The minimum Gasteiger partial charge on any atom is -0.407 e. The lowest BCUT2D eigenvalue weighted by molar-refractivity contribution is 0.293. The first-order valence-corrected chi connectivity index (χ1v) is 11.2. The maximum absolute atomic E-state index is 8.76. The lowest BCUT2D eigenvalue weighted by atomic mass is 10.2. The van der Waals surface area contributed by atoms with E-state index in [4.69, 9.17) is 9.53 Å². The molecule has 0 spiro atoms. The van der Waals surface area contributed by atoms with Gasteiger partial charge in [0, 0.05) is 6.61 Å². The molecule has 0 fully saturated rings. The second-order valence-corrected chi connectivity index (χ2v) is 11.7. The van der Waals surface area contributed by atoms with Crippen LogP contribution in [0, 0.1) is 0 Å². The van der Waals surface area contributed by atoms with Crippen molar-refractivity contribution in [3.05, 3.63) is 78.5 Å². The van der Waals surface area contributed by atoms with Crippen molar-refractivity contribution in [2.45, 2.75) is 38.7 Å². The number of hydrogen-bond acceptors (Lipinski definition) is 2. The average Bonchev–Trinajstić information content (AvgIpc) is 2.64. The molecule has 0 aliphatic rings. The zero-order valence-corrected chi connectivity index (χ0v) is 17.1. The van der Waals surface area contributed by atoms with Crippen molar-refractivity contribution < 1.29 is 9.53 Å². The summed E-state index contributed by atoms with van der Waals surface area (Å²) < 4.78 is 6.80. The highest BCUT2D eigenvalue weighted by Crippen LogP contribution is 2.36. The van der Waals surface area contributed by atoms with Gasteiger partial charge in [-0.3, -0.25) is 0 Å². The first-order valence-electron chi connectivity index (χ1n) is 9.27. The third-order valence-electron chi connectivity index (χ3n) is 4.56. The molecule has 0 saturated carbocycles. The zero-order valence-electron chi connectivity index (χ0n) is 16.1. The van der Waals surface area contributed by atoms with Gasteiger partial charge in [-0.15, -0.1) is 5.73 Å². The summed E-state index contributed by atoms with van der Waals surface area (Å²) in [5.41, 5.74) is 2.98. The minimum absolute atomic E-state index is 0.0162. The molecule has 2 aromatic rings. The van der Waals surface area contributed by atoms with Gasteiger partial charge < -0.3 is 9.53 Å². The second-order valence-electron chi connectivity index (χ2n) is 7.41. The van der Waals surface area contributed by atoms with Gasteiger partial charge in [0.05, 0.1) is 6.61 Å². The minimum atomic E-state index is -2.41. The van der Waals surface area contributed by atoms with Crippen LogP contribution in [0.4, 0.5) is 0 Å². The molecule has 2 aromatic carbocycles. The number of benzene rings is 2. The highest BCUT2D eigenvalue weighted by molar-refractivity contribution is 6.99. The highest BCUT2D eigenvalue weighted by atomic mass is 28.4.